The van der Waals surface area contributed by atoms with Crippen LogP contribution in [-0.2, 0) is 0 Å². The number of nitrogens with one attached hydrogen (secondary N) is 1. The summed E-state index contributed by atoms with van der Waals surface area (Å²) in [5.41, 5.74) is 5.50. The minimum atomic E-state index is 0.991. The number of allylic oxidation sites excluding steroid dienone is 1. The van der Waals surface area contributed by atoms with Crippen LogP contribution in [0.15, 0.2) is 60.8 Å². The summed E-state index contributed by atoms with van der Waals surface area (Å²) in [6.45, 7) is 6.13. The van der Waals surface area contributed by atoms with Gasteiger partial charge in [0, 0.05) is 49.6 Å². The van der Waals surface area contributed by atoms with E-state index in [9.17, 15) is 0 Å². The summed E-state index contributed by atoms with van der Waals surface area (Å²) in [6.07, 6.45) is 0. The summed E-state index contributed by atoms with van der Waals surface area (Å²) >= 11 is 0. The largest absolute Gasteiger partial charge is 0.388 e. The molecule has 0 saturated heterocycles. The fourth-order valence-electron chi connectivity index (χ4n) is 2.27. The van der Waals surface area contributed by atoms with E-state index in [2.05, 4.69) is 70.2 Å². The lowest BCUT2D eigenvalue weighted by atomic mass is 10.2. The molecule has 1 N–H and O–H groups in total. The Balaban J connectivity index is 2.35. The van der Waals surface area contributed by atoms with Crippen molar-refractivity contribution < 1.29 is 0 Å². The van der Waals surface area contributed by atoms with Gasteiger partial charge in [-0.25, -0.2) is 0 Å². The number of nitrogens with zero attached hydrogens (tertiary/aromatic N) is 2. The van der Waals surface area contributed by atoms with E-state index in [4.69, 9.17) is 0 Å². The second-order valence-corrected chi connectivity index (χ2v) is 5.28. The van der Waals surface area contributed by atoms with Crippen molar-refractivity contribution >= 4 is 22.7 Å². The standard InChI is InChI=1S/C18H23N3/c1-14(2)21(17-8-6-15(19-3)7-9-17)18-12-10-16(11-13-18)20(4)5/h6-13,19H,1H2,2-5H3. The van der Waals surface area contributed by atoms with E-state index in [1.54, 1.807) is 0 Å². The maximum absolute atomic E-state index is 4.11. The molecule has 0 saturated carbocycles. The zero-order valence-corrected chi connectivity index (χ0v) is 13.2. The highest BCUT2D eigenvalue weighted by Gasteiger charge is 2.10. The third kappa shape index (κ3) is 3.37. The molecule has 0 spiro atoms. The first kappa shape index (κ1) is 15.0. The Morgan fingerprint density at radius 3 is 1.67 bits per heavy atom. The molecule has 0 amide bonds. The van der Waals surface area contributed by atoms with E-state index in [1.807, 2.05) is 28.1 Å². The molecule has 110 valence electrons. The van der Waals surface area contributed by atoms with Gasteiger partial charge in [0.25, 0.3) is 0 Å². The van der Waals surface area contributed by atoms with Gasteiger partial charge in [0.15, 0.2) is 0 Å². The topological polar surface area (TPSA) is 18.5 Å². The molecule has 0 fully saturated rings. The molecule has 0 aromatic heterocycles. The minimum Gasteiger partial charge on any atom is -0.388 e. The Bertz CT molecular complexity index is 597. The molecule has 3 heteroatoms. The first-order valence-corrected chi connectivity index (χ1v) is 7.04. The van der Waals surface area contributed by atoms with Gasteiger partial charge in [0.05, 0.1) is 0 Å². The molecular formula is C18H23N3. The van der Waals surface area contributed by atoms with Crippen molar-refractivity contribution in [3.05, 3.63) is 60.8 Å². The predicted octanol–water partition coefficient (Wildman–Crippen LogP) is 4.47. The quantitative estimate of drug-likeness (QED) is 0.872. The molecule has 21 heavy (non-hydrogen) atoms. The fraction of sp³-hybridized carbons (Fsp3) is 0.222. The van der Waals surface area contributed by atoms with Gasteiger partial charge in [-0.15, -0.1) is 0 Å². The second kappa shape index (κ2) is 6.35. The van der Waals surface area contributed by atoms with Crippen LogP contribution in [0.2, 0.25) is 0 Å². The molecule has 3 nitrogen and oxygen atoms in total. The summed E-state index contributed by atoms with van der Waals surface area (Å²) in [7, 11) is 6.01. The summed E-state index contributed by atoms with van der Waals surface area (Å²) < 4.78 is 0. The molecule has 0 aliphatic carbocycles. The van der Waals surface area contributed by atoms with Crippen molar-refractivity contribution in [1.82, 2.24) is 0 Å². The lowest BCUT2D eigenvalue weighted by Crippen LogP contribution is -2.14. The summed E-state index contributed by atoms with van der Waals surface area (Å²) in [4.78, 5) is 4.25. The van der Waals surface area contributed by atoms with Crippen LogP contribution in [0.1, 0.15) is 6.92 Å². The van der Waals surface area contributed by atoms with Crippen LogP contribution in [0.3, 0.4) is 0 Å². The summed E-state index contributed by atoms with van der Waals surface area (Å²) in [5, 5.41) is 3.14. The Hall–Kier alpha value is -2.42. The Morgan fingerprint density at radius 1 is 0.857 bits per heavy atom. The van der Waals surface area contributed by atoms with Gasteiger partial charge in [0.1, 0.15) is 0 Å². The summed E-state index contributed by atoms with van der Waals surface area (Å²) in [6, 6.07) is 16.8. The van der Waals surface area contributed by atoms with Crippen molar-refractivity contribution in [2.24, 2.45) is 0 Å². The fourth-order valence-corrected chi connectivity index (χ4v) is 2.27. The van der Waals surface area contributed by atoms with E-state index < -0.39 is 0 Å². The van der Waals surface area contributed by atoms with Crippen LogP contribution in [0.5, 0.6) is 0 Å². The number of hydrogen-bond acceptors (Lipinski definition) is 3. The van der Waals surface area contributed by atoms with Crippen molar-refractivity contribution in [3.8, 4) is 0 Å². The lowest BCUT2D eigenvalue weighted by molar-refractivity contribution is 1.12. The Kier molecular flexibility index (Phi) is 4.53. The normalized spacial score (nSPS) is 10.1. The first-order chi connectivity index (χ1) is 10.0. The van der Waals surface area contributed by atoms with Crippen molar-refractivity contribution in [2.45, 2.75) is 6.92 Å². The first-order valence-electron chi connectivity index (χ1n) is 7.04. The van der Waals surface area contributed by atoms with E-state index in [-0.39, 0.29) is 0 Å². The zero-order valence-electron chi connectivity index (χ0n) is 13.2. The van der Waals surface area contributed by atoms with Crippen LogP contribution in [0.4, 0.5) is 22.7 Å². The highest BCUT2D eigenvalue weighted by Crippen LogP contribution is 2.31. The highest BCUT2D eigenvalue weighted by atomic mass is 15.1. The average molecular weight is 281 g/mol. The number of rotatable bonds is 5. The van der Waals surface area contributed by atoms with Crippen LogP contribution >= 0.6 is 0 Å². The predicted molar refractivity (Wildman–Crippen MR) is 93.7 cm³/mol. The number of benzene rings is 2. The van der Waals surface area contributed by atoms with Crippen LogP contribution < -0.4 is 15.1 Å². The van der Waals surface area contributed by atoms with E-state index in [0.29, 0.717) is 0 Å². The van der Waals surface area contributed by atoms with Gasteiger partial charge in [-0.3, -0.25) is 0 Å². The molecule has 2 aromatic rings. The maximum Gasteiger partial charge on any atom is 0.0459 e. The minimum absolute atomic E-state index is 0.991. The molecule has 2 aromatic carbocycles. The van der Waals surface area contributed by atoms with Crippen LogP contribution in [-0.4, -0.2) is 21.1 Å². The number of anilines is 4. The lowest BCUT2D eigenvalue weighted by Gasteiger charge is -2.26. The molecule has 0 heterocycles. The van der Waals surface area contributed by atoms with E-state index in [0.717, 1.165) is 22.8 Å². The molecule has 2 rings (SSSR count). The smallest absolute Gasteiger partial charge is 0.0459 e. The van der Waals surface area contributed by atoms with Crippen molar-refractivity contribution in [2.75, 3.05) is 36.3 Å². The van der Waals surface area contributed by atoms with Crippen LogP contribution in [0.25, 0.3) is 0 Å². The van der Waals surface area contributed by atoms with Crippen molar-refractivity contribution in [1.29, 1.82) is 0 Å². The molecule has 0 atom stereocenters. The van der Waals surface area contributed by atoms with Gasteiger partial charge in [0.2, 0.25) is 0 Å². The van der Waals surface area contributed by atoms with Gasteiger partial charge >= 0.3 is 0 Å². The monoisotopic (exact) mass is 281 g/mol. The summed E-state index contributed by atoms with van der Waals surface area (Å²) in [5.74, 6) is 0. The third-order valence-corrected chi connectivity index (χ3v) is 3.42. The maximum atomic E-state index is 4.11. The molecule has 0 aliphatic heterocycles. The number of hydrogen-bond donors (Lipinski definition) is 1. The Morgan fingerprint density at radius 2 is 1.29 bits per heavy atom. The molecule has 0 radical (unpaired) electrons. The molecule has 0 unspecified atom stereocenters. The Labute approximate surface area is 127 Å². The zero-order chi connectivity index (χ0) is 15.4. The van der Waals surface area contributed by atoms with Gasteiger partial charge in [-0.1, -0.05) is 6.58 Å². The third-order valence-electron chi connectivity index (χ3n) is 3.42. The van der Waals surface area contributed by atoms with E-state index in [1.165, 1.54) is 5.69 Å². The SMILES string of the molecule is C=C(C)N(c1ccc(NC)cc1)c1ccc(N(C)C)cc1. The van der Waals surface area contributed by atoms with Gasteiger partial charge in [-0.2, -0.15) is 0 Å². The van der Waals surface area contributed by atoms with Crippen LogP contribution in [0, 0.1) is 0 Å². The van der Waals surface area contributed by atoms with Gasteiger partial charge in [-0.05, 0) is 55.5 Å². The van der Waals surface area contributed by atoms with Gasteiger partial charge < -0.3 is 15.1 Å². The highest BCUT2D eigenvalue weighted by molar-refractivity contribution is 5.70. The second-order valence-electron chi connectivity index (χ2n) is 5.28. The van der Waals surface area contributed by atoms with E-state index >= 15 is 0 Å². The van der Waals surface area contributed by atoms with Crippen molar-refractivity contribution in [3.63, 3.8) is 0 Å². The molecule has 0 bridgehead atoms. The average Bonchev–Trinajstić information content (AvgIpc) is 2.48. The molecular weight excluding hydrogens is 258 g/mol. The molecule has 0 aliphatic rings.